The molecule has 0 saturated heterocycles. The average molecular weight is 248 g/mol. The molecule has 0 spiro atoms. The van der Waals surface area contributed by atoms with Crippen molar-refractivity contribution in [1.29, 1.82) is 0 Å². The van der Waals surface area contributed by atoms with Crippen LogP contribution in [0.4, 0.5) is 5.69 Å². The highest BCUT2D eigenvalue weighted by Gasteiger charge is 2.11. The highest BCUT2D eigenvalue weighted by molar-refractivity contribution is 5.77. The van der Waals surface area contributed by atoms with Crippen molar-refractivity contribution in [2.75, 3.05) is 13.1 Å². The molecule has 0 saturated carbocycles. The summed E-state index contributed by atoms with van der Waals surface area (Å²) in [5.74, 6) is 0. The Morgan fingerprint density at radius 2 is 2.11 bits per heavy atom. The van der Waals surface area contributed by atoms with E-state index in [-0.39, 0.29) is 10.6 Å². The van der Waals surface area contributed by atoms with Gasteiger partial charge in [0.05, 0.1) is 29.0 Å². The molecule has 0 radical (unpaired) electrons. The summed E-state index contributed by atoms with van der Waals surface area (Å²) in [5.41, 5.74) is 1.69. The number of aromatic nitrogens is 2. The lowest BCUT2D eigenvalue weighted by molar-refractivity contribution is -0.384. The third-order valence-corrected chi connectivity index (χ3v) is 3.06. The third kappa shape index (κ3) is 2.33. The first-order valence-corrected chi connectivity index (χ1v) is 5.97. The molecule has 0 bridgehead atoms. The fourth-order valence-electron chi connectivity index (χ4n) is 1.91. The predicted octanol–water partition coefficient (Wildman–Crippen LogP) is 2.24. The van der Waals surface area contributed by atoms with Gasteiger partial charge >= 0.3 is 0 Å². The fourth-order valence-corrected chi connectivity index (χ4v) is 1.91. The Morgan fingerprint density at radius 1 is 1.39 bits per heavy atom. The molecule has 0 fully saturated rings. The van der Waals surface area contributed by atoms with Crippen molar-refractivity contribution in [3.8, 4) is 0 Å². The molecular formula is C12H16N4O2. The molecule has 6 nitrogen and oxygen atoms in total. The topological polar surface area (TPSA) is 64.2 Å². The minimum Gasteiger partial charge on any atom is -0.317 e. The van der Waals surface area contributed by atoms with Gasteiger partial charge in [-0.2, -0.15) is 0 Å². The van der Waals surface area contributed by atoms with E-state index in [1.807, 2.05) is 4.57 Å². The van der Waals surface area contributed by atoms with Crippen LogP contribution in [-0.2, 0) is 6.67 Å². The number of fused-ring (bicyclic) bond motifs is 1. The lowest BCUT2D eigenvalue weighted by Crippen LogP contribution is -2.25. The van der Waals surface area contributed by atoms with E-state index in [9.17, 15) is 10.1 Å². The van der Waals surface area contributed by atoms with Crippen molar-refractivity contribution < 1.29 is 4.92 Å². The van der Waals surface area contributed by atoms with Gasteiger partial charge in [0.2, 0.25) is 0 Å². The predicted molar refractivity (Wildman–Crippen MR) is 69.3 cm³/mol. The molecule has 0 atom stereocenters. The Hall–Kier alpha value is -1.95. The fraction of sp³-hybridized carbons (Fsp3) is 0.417. The van der Waals surface area contributed by atoms with Crippen molar-refractivity contribution >= 4 is 16.7 Å². The second-order valence-corrected chi connectivity index (χ2v) is 4.09. The minimum atomic E-state index is -0.381. The average Bonchev–Trinajstić information content (AvgIpc) is 2.78. The molecule has 96 valence electrons. The summed E-state index contributed by atoms with van der Waals surface area (Å²) in [6.07, 6.45) is 1.73. The lowest BCUT2D eigenvalue weighted by Gasteiger charge is -2.18. The van der Waals surface area contributed by atoms with E-state index in [1.54, 1.807) is 18.5 Å². The normalized spacial score (nSPS) is 11.3. The highest BCUT2D eigenvalue weighted by Crippen LogP contribution is 2.20. The van der Waals surface area contributed by atoms with E-state index in [4.69, 9.17) is 0 Å². The summed E-state index contributed by atoms with van der Waals surface area (Å²) >= 11 is 0. The molecule has 2 aromatic rings. The molecular weight excluding hydrogens is 232 g/mol. The van der Waals surface area contributed by atoms with Crippen LogP contribution in [0, 0.1) is 10.1 Å². The van der Waals surface area contributed by atoms with E-state index in [0.29, 0.717) is 6.67 Å². The van der Waals surface area contributed by atoms with Gasteiger partial charge in [0.25, 0.3) is 5.69 Å². The van der Waals surface area contributed by atoms with Gasteiger partial charge in [0.15, 0.2) is 0 Å². The summed E-state index contributed by atoms with van der Waals surface area (Å²) in [7, 11) is 0. The molecule has 18 heavy (non-hydrogen) atoms. The third-order valence-electron chi connectivity index (χ3n) is 3.06. The summed E-state index contributed by atoms with van der Waals surface area (Å²) in [6.45, 7) is 6.75. The molecule has 0 N–H and O–H groups in total. The monoisotopic (exact) mass is 248 g/mol. The first kappa shape index (κ1) is 12.5. The number of non-ortho nitro benzene ring substituents is 1. The molecule has 2 rings (SSSR count). The van der Waals surface area contributed by atoms with Gasteiger partial charge in [0.1, 0.15) is 0 Å². The van der Waals surface area contributed by atoms with Crippen LogP contribution >= 0.6 is 0 Å². The van der Waals surface area contributed by atoms with Crippen LogP contribution in [-0.4, -0.2) is 32.5 Å². The van der Waals surface area contributed by atoms with Crippen molar-refractivity contribution in [2.24, 2.45) is 0 Å². The van der Waals surface area contributed by atoms with Gasteiger partial charge < -0.3 is 4.57 Å². The zero-order valence-electron chi connectivity index (χ0n) is 10.5. The van der Waals surface area contributed by atoms with Gasteiger partial charge in [-0.1, -0.05) is 13.8 Å². The number of rotatable bonds is 5. The largest absolute Gasteiger partial charge is 0.317 e. The Morgan fingerprint density at radius 3 is 2.72 bits per heavy atom. The van der Waals surface area contributed by atoms with Crippen LogP contribution < -0.4 is 0 Å². The molecule has 1 heterocycles. The Bertz CT molecular complexity index is 560. The quantitative estimate of drug-likeness (QED) is 0.601. The molecule has 0 unspecified atom stereocenters. The molecule has 1 aromatic carbocycles. The molecule has 0 aliphatic carbocycles. The van der Waals surface area contributed by atoms with E-state index in [0.717, 1.165) is 24.1 Å². The van der Waals surface area contributed by atoms with Gasteiger partial charge in [-0.05, 0) is 19.2 Å². The Labute approximate surface area is 105 Å². The van der Waals surface area contributed by atoms with Crippen LogP contribution in [0.25, 0.3) is 11.0 Å². The van der Waals surface area contributed by atoms with E-state index in [1.165, 1.54) is 6.07 Å². The molecule has 0 aliphatic heterocycles. The van der Waals surface area contributed by atoms with Crippen LogP contribution in [0.15, 0.2) is 24.5 Å². The van der Waals surface area contributed by atoms with Crippen LogP contribution in [0.3, 0.4) is 0 Å². The van der Waals surface area contributed by atoms with Gasteiger partial charge in [-0.3, -0.25) is 15.0 Å². The molecule has 0 aliphatic rings. The van der Waals surface area contributed by atoms with Crippen LogP contribution in [0.5, 0.6) is 0 Å². The SMILES string of the molecule is CCN(CC)Cn1cnc2ccc([N+](=O)[O-])cc21. The van der Waals surface area contributed by atoms with Crippen molar-refractivity contribution in [3.63, 3.8) is 0 Å². The summed E-state index contributed by atoms with van der Waals surface area (Å²) in [5, 5.41) is 10.8. The smallest absolute Gasteiger partial charge is 0.271 e. The van der Waals surface area contributed by atoms with Crippen molar-refractivity contribution in [3.05, 3.63) is 34.6 Å². The molecule has 0 amide bonds. The van der Waals surface area contributed by atoms with Gasteiger partial charge in [-0.15, -0.1) is 0 Å². The highest BCUT2D eigenvalue weighted by atomic mass is 16.6. The van der Waals surface area contributed by atoms with E-state index >= 15 is 0 Å². The number of nitro groups is 1. The first-order valence-electron chi connectivity index (χ1n) is 5.97. The van der Waals surface area contributed by atoms with Crippen molar-refractivity contribution in [2.45, 2.75) is 20.5 Å². The van der Waals surface area contributed by atoms with Crippen LogP contribution in [0.2, 0.25) is 0 Å². The van der Waals surface area contributed by atoms with E-state index < -0.39 is 0 Å². The zero-order valence-corrected chi connectivity index (χ0v) is 10.5. The standard InChI is InChI=1S/C12H16N4O2/c1-3-14(4-2)9-15-8-13-11-6-5-10(16(17)18)7-12(11)15/h5-8H,3-4,9H2,1-2H3. The number of benzene rings is 1. The number of nitrogens with zero attached hydrogens (tertiary/aromatic N) is 4. The number of hydrogen-bond donors (Lipinski definition) is 0. The van der Waals surface area contributed by atoms with E-state index in [2.05, 4.69) is 23.7 Å². The number of nitro benzene ring substituents is 1. The maximum atomic E-state index is 10.8. The Balaban J connectivity index is 2.39. The summed E-state index contributed by atoms with van der Waals surface area (Å²) in [4.78, 5) is 16.9. The molecule has 1 aromatic heterocycles. The lowest BCUT2D eigenvalue weighted by atomic mass is 10.3. The van der Waals surface area contributed by atoms with Crippen molar-refractivity contribution in [1.82, 2.24) is 14.5 Å². The maximum absolute atomic E-state index is 10.8. The van der Waals surface area contributed by atoms with Gasteiger partial charge in [0, 0.05) is 12.1 Å². The summed E-state index contributed by atoms with van der Waals surface area (Å²) in [6, 6.07) is 4.75. The Kier molecular flexibility index (Phi) is 3.57. The number of hydrogen-bond acceptors (Lipinski definition) is 4. The zero-order chi connectivity index (χ0) is 13.1. The van der Waals surface area contributed by atoms with Gasteiger partial charge in [-0.25, -0.2) is 4.98 Å². The first-order chi connectivity index (χ1) is 8.65. The minimum absolute atomic E-state index is 0.101. The number of imidazole rings is 1. The molecule has 6 heteroatoms. The maximum Gasteiger partial charge on any atom is 0.271 e. The second-order valence-electron chi connectivity index (χ2n) is 4.09. The summed E-state index contributed by atoms with van der Waals surface area (Å²) < 4.78 is 1.94. The van der Waals surface area contributed by atoms with Crippen LogP contribution in [0.1, 0.15) is 13.8 Å². The second kappa shape index (κ2) is 5.14.